The first-order valence-corrected chi connectivity index (χ1v) is 43.8. The van der Waals surface area contributed by atoms with Gasteiger partial charge in [0.2, 0.25) is 5.79 Å². The van der Waals surface area contributed by atoms with Crippen LogP contribution in [-0.4, -0.2) is 135 Å². The average Bonchev–Trinajstić information content (AvgIpc) is 0.792. The quantitative estimate of drug-likeness (QED) is 0.0184. The number of carbonyl (C=O) groups excluding carboxylic acids is 4. The van der Waals surface area contributed by atoms with Gasteiger partial charge in [0, 0.05) is 39.9 Å². The second-order valence-electron chi connectivity index (χ2n) is 35.1. The molecule has 0 unspecified atom stereocenters. The van der Waals surface area contributed by atoms with Gasteiger partial charge in [-0.1, -0.05) is 120 Å². The second-order valence-corrected chi connectivity index (χ2v) is 39.8. The molecular weight excluding hydrogens is 1390 g/mol. The van der Waals surface area contributed by atoms with E-state index < -0.39 is 55.3 Å². The van der Waals surface area contributed by atoms with Crippen molar-refractivity contribution >= 4 is 32.2 Å². The van der Waals surface area contributed by atoms with Crippen molar-refractivity contribution < 1.29 is 85.9 Å². The number of benzene rings is 4. The maximum absolute atomic E-state index is 15.0. The molecular formula is C89H132O18Si. The summed E-state index contributed by atoms with van der Waals surface area (Å²) in [5, 5.41) is 23.7. The fourth-order valence-electron chi connectivity index (χ4n) is 16.2. The Labute approximate surface area is 646 Å². The molecule has 5 aliphatic heterocycles. The summed E-state index contributed by atoms with van der Waals surface area (Å²) >= 11 is 0. The number of esters is 4. The van der Waals surface area contributed by atoms with E-state index >= 15 is 4.79 Å². The summed E-state index contributed by atoms with van der Waals surface area (Å²) in [5.41, 5.74) is 2.37. The third-order valence-electron chi connectivity index (χ3n) is 24.1. The number of aliphatic hydroxyl groups is 1. The third kappa shape index (κ3) is 25.1. The van der Waals surface area contributed by atoms with Crippen LogP contribution in [-0.2, 0) is 87.4 Å². The van der Waals surface area contributed by atoms with Crippen LogP contribution in [0.2, 0.25) is 18.1 Å². The van der Waals surface area contributed by atoms with E-state index in [1.807, 2.05) is 113 Å². The Morgan fingerprint density at radius 3 is 1.59 bits per heavy atom. The first kappa shape index (κ1) is 86.2. The van der Waals surface area contributed by atoms with Crippen LogP contribution in [0.3, 0.4) is 0 Å². The molecule has 2 N–H and O–H groups in total. The minimum absolute atomic E-state index is 0.00240. The summed E-state index contributed by atoms with van der Waals surface area (Å²) in [6.07, 6.45) is 17.2. The van der Waals surface area contributed by atoms with Crippen LogP contribution in [0.25, 0.3) is 0 Å². The largest absolute Gasteiger partial charge is 0.507 e. The molecule has 0 bridgehead atoms. The molecule has 18 nitrogen and oxygen atoms in total. The second kappa shape index (κ2) is 40.1. The van der Waals surface area contributed by atoms with Crippen LogP contribution >= 0.6 is 0 Å². The maximum Gasteiger partial charge on any atom is 0.345 e. The normalized spacial score (nSPS) is 23.8. The first-order chi connectivity index (χ1) is 51.4. The number of carbonyl (C=O) groups is 4. The van der Waals surface area contributed by atoms with Crippen molar-refractivity contribution in [1.82, 2.24) is 0 Å². The Balaban J connectivity index is 0.809. The SMILES string of the molecule is COCO[C@@H](C[C@@H]1CCC[C@H](C(C)(C)C(=O)OCc2ccccc2)O1)C[C@@H](OC(=O)c1c(O)cccc1CCC[C@H]1CCC[C@@H](CC[C@H](C)[C@H](O)C[C@H](C[C@@H]2CCC[C@H](C(C)(C)C(=O)OCc3ccccc3)O2)O[Si](C)(C)C(C)(C)C)O1)[C@@H](C)CC[C@@H]1CCC[C@H](CCCc2cccc3c2C(=O)OC(C)(C)O3)O1. The highest BCUT2D eigenvalue weighted by Crippen LogP contribution is 2.43. The van der Waals surface area contributed by atoms with Crippen LogP contribution in [0.1, 0.15) is 273 Å². The lowest BCUT2D eigenvalue weighted by Crippen LogP contribution is -2.48. The van der Waals surface area contributed by atoms with Crippen molar-refractivity contribution in [2.45, 2.75) is 353 Å². The fraction of sp³-hybridized carbons (Fsp3) is 0.685. The van der Waals surface area contributed by atoms with Gasteiger partial charge in [-0.05, 0) is 246 Å². The number of hydrogen-bond acceptors (Lipinski definition) is 18. The lowest BCUT2D eigenvalue weighted by Gasteiger charge is -2.43. The molecule has 0 amide bonds. The van der Waals surface area contributed by atoms with Crippen LogP contribution in [0.4, 0.5) is 0 Å². The molecule has 0 radical (unpaired) electrons. The van der Waals surface area contributed by atoms with Gasteiger partial charge < -0.3 is 66.7 Å². The van der Waals surface area contributed by atoms with E-state index in [0.29, 0.717) is 68.2 Å². The van der Waals surface area contributed by atoms with Crippen molar-refractivity contribution in [2.75, 3.05) is 13.9 Å². The number of cyclic esters (lactones) is 1. The van der Waals surface area contributed by atoms with Crippen LogP contribution in [0, 0.1) is 22.7 Å². The predicted molar refractivity (Wildman–Crippen MR) is 420 cm³/mol. The zero-order valence-corrected chi connectivity index (χ0v) is 68.8. The maximum atomic E-state index is 15.0. The summed E-state index contributed by atoms with van der Waals surface area (Å²) in [6, 6.07) is 30.4. The molecule has 4 fully saturated rings. The molecule has 19 heteroatoms. The van der Waals surface area contributed by atoms with E-state index in [1.165, 1.54) is 0 Å². The van der Waals surface area contributed by atoms with Gasteiger partial charge in [0.05, 0.1) is 71.9 Å². The monoisotopic (exact) mass is 1520 g/mol. The Morgan fingerprint density at radius 1 is 0.574 bits per heavy atom. The highest BCUT2D eigenvalue weighted by atomic mass is 28.4. The van der Waals surface area contributed by atoms with Gasteiger partial charge in [0.15, 0.2) is 8.32 Å². The molecule has 108 heavy (non-hydrogen) atoms. The number of aliphatic hydroxyl groups excluding tert-OH is 1. The van der Waals surface area contributed by atoms with Crippen LogP contribution in [0.15, 0.2) is 97.1 Å². The van der Waals surface area contributed by atoms with Gasteiger partial charge in [-0.3, -0.25) is 9.59 Å². The molecule has 5 aliphatic rings. The van der Waals surface area contributed by atoms with Crippen molar-refractivity contribution in [1.29, 1.82) is 0 Å². The molecule has 0 saturated carbocycles. The molecule has 600 valence electrons. The molecule has 4 aromatic rings. The number of aromatic hydroxyl groups is 1. The number of methoxy groups -OCH3 is 1. The molecule has 9 rings (SSSR count). The van der Waals surface area contributed by atoms with Gasteiger partial charge in [-0.15, -0.1) is 0 Å². The molecule has 14 atom stereocenters. The van der Waals surface area contributed by atoms with Gasteiger partial charge in [0.25, 0.3) is 0 Å². The summed E-state index contributed by atoms with van der Waals surface area (Å²) in [6.45, 7) is 27.0. The lowest BCUT2D eigenvalue weighted by molar-refractivity contribution is -0.177. The lowest BCUT2D eigenvalue weighted by atomic mass is 9.81. The smallest absolute Gasteiger partial charge is 0.345 e. The summed E-state index contributed by atoms with van der Waals surface area (Å²) in [5.74, 6) is -2.31. The Kier molecular flexibility index (Phi) is 32.0. The average molecular weight is 1520 g/mol. The Morgan fingerprint density at radius 2 is 1.06 bits per heavy atom. The zero-order chi connectivity index (χ0) is 77.8. The number of ether oxygens (including phenoxy) is 11. The van der Waals surface area contributed by atoms with Crippen LogP contribution in [0.5, 0.6) is 11.5 Å². The summed E-state index contributed by atoms with van der Waals surface area (Å²) in [4.78, 5) is 55.5. The van der Waals surface area contributed by atoms with E-state index in [2.05, 4.69) is 47.7 Å². The topological polar surface area (TPSA) is 219 Å². The minimum atomic E-state index is -2.26. The number of fused-ring (bicyclic) bond motifs is 1. The number of phenolic OH excluding ortho intramolecular Hbond substituents is 1. The van der Waals surface area contributed by atoms with E-state index in [4.69, 9.17) is 56.5 Å². The van der Waals surface area contributed by atoms with Gasteiger partial charge in [-0.25, -0.2) is 9.59 Å². The van der Waals surface area contributed by atoms with Gasteiger partial charge in [-0.2, -0.15) is 0 Å². The molecule has 0 aliphatic carbocycles. The van der Waals surface area contributed by atoms with Crippen LogP contribution < -0.4 is 4.74 Å². The Bertz CT molecular complexity index is 3440. The molecule has 4 aromatic carbocycles. The number of hydrogen-bond donors (Lipinski definition) is 2. The zero-order valence-electron chi connectivity index (χ0n) is 67.8. The fourth-order valence-corrected chi connectivity index (χ4v) is 17.6. The van der Waals surface area contributed by atoms with Gasteiger partial charge in [0.1, 0.15) is 48.7 Å². The van der Waals surface area contributed by atoms with E-state index in [0.717, 1.165) is 132 Å². The minimum Gasteiger partial charge on any atom is -0.507 e. The van der Waals surface area contributed by atoms with Crippen molar-refractivity contribution in [3.8, 4) is 11.5 Å². The van der Waals surface area contributed by atoms with E-state index in [9.17, 15) is 24.6 Å². The first-order valence-electron chi connectivity index (χ1n) is 40.9. The van der Waals surface area contributed by atoms with E-state index in [-0.39, 0.29) is 115 Å². The predicted octanol–water partition coefficient (Wildman–Crippen LogP) is 19.0. The molecule has 4 saturated heterocycles. The van der Waals surface area contributed by atoms with Crippen molar-refractivity contribution in [3.05, 3.63) is 130 Å². The standard InChI is InChI=1S/C89H132O18Si/c1-60(75(91)55-73(107-108(13,14)86(3,4)5)54-71-44-28-48-79(103-71)88(8,9)85(95)98-58-63-31-19-16-20-32-63)49-51-68-41-25-39-66(100-68)37-21-33-64-35-23-45-74(90)80(64)82(92)104-77(56-72(99-59-96-12)53-70-43-27-47-78(102-70)87(6,7)84(94)97-57-62-29-17-15-18-30-62)61(2)50-52-69-42-26-40-67(101-69)38-22-34-65-36-24-46-76-81(65)83(93)106-89(10,11)105-76/h15-20,23-24,29-32,35-36,45-46,60-61,66-73,75,77-79,90-91H,21-22,25-28,33-34,37-44,47-59H2,1-14H3/t60-,61-,66-,67-,68-,69-,70-,71-,72-,73-,75+,77+,78+,79+/m0/s1. The molecule has 0 spiro atoms. The number of aryl methyl sites for hydroxylation is 2. The summed E-state index contributed by atoms with van der Waals surface area (Å²) < 4.78 is 76.6. The van der Waals surface area contributed by atoms with Crippen molar-refractivity contribution in [3.63, 3.8) is 0 Å². The molecule has 0 aromatic heterocycles. The Hall–Kier alpha value is -5.74. The highest BCUT2D eigenvalue weighted by Gasteiger charge is 2.46. The highest BCUT2D eigenvalue weighted by molar-refractivity contribution is 6.74. The number of rotatable bonds is 39. The molecule has 5 heterocycles. The third-order valence-corrected chi connectivity index (χ3v) is 28.7. The number of phenols is 1. The van der Waals surface area contributed by atoms with Gasteiger partial charge >= 0.3 is 23.9 Å². The summed E-state index contributed by atoms with van der Waals surface area (Å²) in [7, 11) is -0.676. The van der Waals surface area contributed by atoms with Crippen molar-refractivity contribution in [2.24, 2.45) is 22.7 Å². The van der Waals surface area contributed by atoms with E-state index in [1.54, 1.807) is 33.1 Å².